The van der Waals surface area contributed by atoms with E-state index in [0.29, 0.717) is 11.4 Å². The van der Waals surface area contributed by atoms with E-state index in [0.717, 1.165) is 0 Å². The summed E-state index contributed by atoms with van der Waals surface area (Å²) in [6.45, 7) is 1.66. The van der Waals surface area contributed by atoms with Crippen LogP contribution < -0.4 is 16.1 Å². The van der Waals surface area contributed by atoms with Crippen LogP contribution in [0, 0.1) is 6.92 Å². The number of hydrogen-bond donors (Lipinski definition) is 2. The summed E-state index contributed by atoms with van der Waals surface area (Å²) in [6, 6.07) is 0. The maximum absolute atomic E-state index is 11.1. The van der Waals surface area contributed by atoms with Gasteiger partial charge in [-0.15, -0.1) is 0 Å². The molecule has 66 valence electrons. The molecule has 0 aromatic carbocycles. The standard InChI is InChI=1S/C7H11N3O2/c1-4-5(10(2)3)8-7(12)9-6(4)11/h1-3H3,(H2,8,9,11,12). The first kappa shape index (κ1) is 8.58. The Morgan fingerprint density at radius 2 is 1.75 bits per heavy atom. The zero-order valence-electron chi connectivity index (χ0n) is 7.26. The molecule has 1 aromatic heterocycles. The number of hydrogen-bond acceptors (Lipinski definition) is 3. The summed E-state index contributed by atoms with van der Waals surface area (Å²) in [6.07, 6.45) is 0. The Balaban J connectivity index is 3.49. The van der Waals surface area contributed by atoms with Gasteiger partial charge in [-0.2, -0.15) is 0 Å². The van der Waals surface area contributed by atoms with Gasteiger partial charge in [0.1, 0.15) is 5.82 Å². The molecule has 1 rings (SSSR count). The first-order valence-corrected chi connectivity index (χ1v) is 3.53. The molecule has 0 aliphatic heterocycles. The Kier molecular flexibility index (Phi) is 2.03. The van der Waals surface area contributed by atoms with E-state index in [1.54, 1.807) is 25.9 Å². The Labute approximate surface area is 69.0 Å². The van der Waals surface area contributed by atoms with E-state index in [1.165, 1.54) is 0 Å². The minimum atomic E-state index is -0.477. The average Bonchev–Trinajstić information content (AvgIpc) is 1.96. The molecule has 0 unspecified atom stereocenters. The SMILES string of the molecule is Cc1c(N(C)C)[nH]c(=O)[nH]c1=O. The molecule has 1 aromatic rings. The van der Waals surface area contributed by atoms with Crippen molar-refractivity contribution >= 4 is 5.82 Å². The molecule has 0 aliphatic carbocycles. The van der Waals surface area contributed by atoms with E-state index in [-0.39, 0.29) is 5.56 Å². The van der Waals surface area contributed by atoms with Gasteiger partial charge in [-0.05, 0) is 6.92 Å². The maximum Gasteiger partial charge on any atom is 0.327 e. The smallest absolute Gasteiger partial charge is 0.327 e. The van der Waals surface area contributed by atoms with Crippen LogP contribution in [0.4, 0.5) is 5.82 Å². The van der Waals surface area contributed by atoms with Crippen LogP contribution in [-0.4, -0.2) is 24.1 Å². The molecule has 0 saturated heterocycles. The highest BCUT2D eigenvalue weighted by atomic mass is 16.2. The van der Waals surface area contributed by atoms with Crippen molar-refractivity contribution in [1.29, 1.82) is 0 Å². The van der Waals surface area contributed by atoms with E-state index >= 15 is 0 Å². The van der Waals surface area contributed by atoms with E-state index in [1.807, 2.05) is 0 Å². The van der Waals surface area contributed by atoms with E-state index < -0.39 is 5.69 Å². The third-order valence-electron chi connectivity index (χ3n) is 1.60. The van der Waals surface area contributed by atoms with Gasteiger partial charge in [-0.3, -0.25) is 14.8 Å². The molecular weight excluding hydrogens is 158 g/mol. The lowest BCUT2D eigenvalue weighted by Gasteiger charge is -2.12. The van der Waals surface area contributed by atoms with Crippen LogP contribution in [0.15, 0.2) is 9.59 Å². The normalized spacial score (nSPS) is 9.92. The van der Waals surface area contributed by atoms with Crippen molar-refractivity contribution < 1.29 is 0 Å². The van der Waals surface area contributed by atoms with Gasteiger partial charge in [0.2, 0.25) is 0 Å². The van der Waals surface area contributed by atoms with Crippen LogP contribution in [0.5, 0.6) is 0 Å². The summed E-state index contributed by atoms with van der Waals surface area (Å²) >= 11 is 0. The summed E-state index contributed by atoms with van der Waals surface area (Å²) in [5, 5.41) is 0. The molecular formula is C7H11N3O2. The van der Waals surface area contributed by atoms with E-state index in [9.17, 15) is 9.59 Å². The second-order valence-electron chi connectivity index (χ2n) is 2.78. The summed E-state index contributed by atoms with van der Waals surface area (Å²) < 4.78 is 0. The summed E-state index contributed by atoms with van der Waals surface area (Å²) in [4.78, 5) is 28.3. The van der Waals surface area contributed by atoms with Gasteiger partial charge in [0, 0.05) is 14.1 Å². The molecule has 0 amide bonds. The number of anilines is 1. The maximum atomic E-state index is 11.1. The number of aromatic nitrogens is 2. The zero-order chi connectivity index (χ0) is 9.30. The number of aromatic amines is 2. The lowest BCUT2D eigenvalue weighted by atomic mass is 10.3. The minimum absolute atomic E-state index is 0.345. The van der Waals surface area contributed by atoms with Crippen LogP contribution in [0.3, 0.4) is 0 Å². The summed E-state index contributed by atoms with van der Waals surface area (Å²) in [7, 11) is 3.52. The highest BCUT2D eigenvalue weighted by Gasteiger charge is 2.04. The van der Waals surface area contributed by atoms with Gasteiger partial charge in [-0.1, -0.05) is 0 Å². The third kappa shape index (κ3) is 1.39. The summed E-state index contributed by atoms with van der Waals surface area (Å²) in [5.74, 6) is 0.545. The number of nitrogens with zero attached hydrogens (tertiary/aromatic N) is 1. The summed E-state index contributed by atoms with van der Waals surface area (Å²) in [5.41, 5.74) is -0.309. The Hall–Kier alpha value is -1.52. The van der Waals surface area contributed by atoms with Crippen LogP contribution in [-0.2, 0) is 0 Å². The monoisotopic (exact) mass is 169 g/mol. The fourth-order valence-corrected chi connectivity index (χ4v) is 0.984. The quantitative estimate of drug-likeness (QED) is 0.592. The molecule has 12 heavy (non-hydrogen) atoms. The highest BCUT2D eigenvalue weighted by molar-refractivity contribution is 5.42. The number of rotatable bonds is 1. The van der Waals surface area contributed by atoms with Gasteiger partial charge in [0.05, 0.1) is 5.56 Å². The second-order valence-corrected chi connectivity index (χ2v) is 2.78. The highest BCUT2D eigenvalue weighted by Crippen LogP contribution is 2.04. The van der Waals surface area contributed by atoms with Crippen molar-refractivity contribution in [2.75, 3.05) is 19.0 Å². The number of nitrogens with one attached hydrogen (secondary N) is 2. The molecule has 0 aliphatic rings. The van der Waals surface area contributed by atoms with Crippen molar-refractivity contribution in [2.45, 2.75) is 6.92 Å². The third-order valence-corrected chi connectivity index (χ3v) is 1.60. The van der Waals surface area contributed by atoms with Crippen LogP contribution in [0.25, 0.3) is 0 Å². The Bertz CT molecular complexity index is 388. The van der Waals surface area contributed by atoms with Gasteiger partial charge in [0.25, 0.3) is 5.56 Å². The molecule has 5 nitrogen and oxygen atoms in total. The molecule has 0 radical (unpaired) electrons. The number of H-pyrrole nitrogens is 2. The Morgan fingerprint density at radius 3 is 2.25 bits per heavy atom. The van der Waals surface area contributed by atoms with Gasteiger partial charge in [0.15, 0.2) is 0 Å². The van der Waals surface area contributed by atoms with Gasteiger partial charge < -0.3 is 4.90 Å². The van der Waals surface area contributed by atoms with Crippen LogP contribution in [0.1, 0.15) is 5.56 Å². The first-order valence-electron chi connectivity index (χ1n) is 3.53. The second kappa shape index (κ2) is 2.84. The lowest BCUT2D eigenvalue weighted by molar-refractivity contribution is 0.952. The van der Waals surface area contributed by atoms with Crippen LogP contribution in [0.2, 0.25) is 0 Å². The molecule has 0 spiro atoms. The topological polar surface area (TPSA) is 69.0 Å². The fourth-order valence-electron chi connectivity index (χ4n) is 0.984. The van der Waals surface area contributed by atoms with E-state index in [2.05, 4.69) is 9.97 Å². The zero-order valence-corrected chi connectivity index (χ0v) is 7.26. The van der Waals surface area contributed by atoms with Crippen molar-refractivity contribution in [2.24, 2.45) is 0 Å². The first-order chi connectivity index (χ1) is 5.52. The molecule has 0 atom stereocenters. The van der Waals surface area contributed by atoms with E-state index in [4.69, 9.17) is 0 Å². The fraction of sp³-hybridized carbons (Fsp3) is 0.429. The molecule has 1 heterocycles. The molecule has 0 bridgehead atoms. The predicted octanol–water partition coefficient (Wildman–Crippen LogP) is -0.562. The predicted molar refractivity (Wildman–Crippen MR) is 46.7 cm³/mol. The molecule has 5 heteroatoms. The van der Waals surface area contributed by atoms with Crippen LogP contribution >= 0.6 is 0 Å². The van der Waals surface area contributed by atoms with Crippen molar-refractivity contribution in [3.8, 4) is 0 Å². The Morgan fingerprint density at radius 1 is 1.17 bits per heavy atom. The molecule has 2 N–H and O–H groups in total. The molecule has 0 saturated carbocycles. The average molecular weight is 169 g/mol. The van der Waals surface area contributed by atoms with Crippen molar-refractivity contribution in [1.82, 2.24) is 9.97 Å². The van der Waals surface area contributed by atoms with Gasteiger partial charge >= 0.3 is 5.69 Å². The van der Waals surface area contributed by atoms with Crippen molar-refractivity contribution in [3.05, 3.63) is 26.4 Å². The lowest BCUT2D eigenvalue weighted by Crippen LogP contribution is -2.28. The minimum Gasteiger partial charge on any atom is -0.364 e. The molecule has 0 fully saturated rings. The van der Waals surface area contributed by atoms with Crippen molar-refractivity contribution in [3.63, 3.8) is 0 Å². The van der Waals surface area contributed by atoms with Gasteiger partial charge in [-0.25, -0.2) is 4.79 Å². The largest absolute Gasteiger partial charge is 0.364 e.